The average Bonchev–Trinajstić information content (AvgIpc) is 2.71. The van der Waals surface area contributed by atoms with Crippen molar-refractivity contribution in [1.82, 2.24) is 4.72 Å². The second-order valence-corrected chi connectivity index (χ2v) is 8.99. The Morgan fingerprint density at radius 1 is 0.967 bits per heavy atom. The molecule has 0 saturated heterocycles. The molecule has 9 heteroatoms. The number of halogens is 3. The van der Waals surface area contributed by atoms with Gasteiger partial charge in [0, 0.05) is 10.7 Å². The summed E-state index contributed by atoms with van der Waals surface area (Å²) in [4.78, 5) is 12.9. The zero-order valence-electron chi connectivity index (χ0n) is 15.5. The Morgan fingerprint density at radius 2 is 1.63 bits per heavy atom. The molecule has 0 bridgehead atoms. The maximum absolute atomic E-state index is 13.4. The van der Waals surface area contributed by atoms with Crippen LogP contribution in [0.3, 0.4) is 0 Å². The third-order valence-electron chi connectivity index (χ3n) is 4.21. The Hall–Kier alpha value is -2.45. The van der Waals surface area contributed by atoms with Gasteiger partial charge in [0.2, 0.25) is 15.9 Å². The van der Waals surface area contributed by atoms with Crippen LogP contribution >= 0.6 is 23.2 Å². The molecule has 0 spiro atoms. The molecule has 2 N–H and O–H groups in total. The molecule has 3 aromatic rings. The minimum atomic E-state index is -4.00. The molecule has 0 fully saturated rings. The highest BCUT2D eigenvalue weighted by Gasteiger charge is 2.26. The van der Waals surface area contributed by atoms with Crippen LogP contribution in [0.5, 0.6) is 0 Å². The number of anilines is 1. The summed E-state index contributed by atoms with van der Waals surface area (Å²) in [5.74, 6) is -1.24. The van der Waals surface area contributed by atoms with E-state index in [2.05, 4.69) is 10.0 Å². The molecule has 3 rings (SSSR count). The maximum Gasteiger partial charge on any atom is 0.242 e. The summed E-state index contributed by atoms with van der Waals surface area (Å²) in [7, 11) is -4.00. The van der Waals surface area contributed by atoms with Crippen LogP contribution in [0.4, 0.5) is 10.1 Å². The van der Waals surface area contributed by atoms with Crippen LogP contribution in [0.15, 0.2) is 77.7 Å². The van der Waals surface area contributed by atoms with Crippen LogP contribution < -0.4 is 10.0 Å². The number of rotatable bonds is 7. The first-order chi connectivity index (χ1) is 14.2. The molecule has 156 valence electrons. The van der Waals surface area contributed by atoms with Crippen molar-refractivity contribution in [3.05, 3.63) is 94.2 Å². The van der Waals surface area contributed by atoms with Gasteiger partial charge >= 0.3 is 0 Å². The van der Waals surface area contributed by atoms with Gasteiger partial charge < -0.3 is 5.32 Å². The number of nitrogens with one attached hydrogen (secondary N) is 2. The fourth-order valence-electron chi connectivity index (χ4n) is 2.71. The van der Waals surface area contributed by atoms with E-state index in [1.165, 1.54) is 36.4 Å². The molecule has 0 unspecified atom stereocenters. The predicted molar refractivity (Wildman–Crippen MR) is 116 cm³/mol. The van der Waals surface area contributed by atoms with E-state index in [-0.39, 0.29) is 22.0 Å². The van der Waals surface area contributed by atoms with Gasteiger partial charge in [-0.1, -0.05) is 53.5 Å². The number of hydrogen-bond donors (Lipinski definition) is 2. The van der Waals surface area contributed by atoms with Gasteiger partial charge in [-0.25, -0.2) is 12.8 Å². The first-order valence-corrected chi connectivity index (χ1v) is 11.1. The van der Waals surface area contributed by atoms with Crippen LogP contribution in [0.25, 0.3) is 0 Å². The van der Waals surface area contributed by atoms with Crippen molar-refractivity contribution < 1.29 is 17.6 Å². The van der Waals surface area contributed by atoms with Gasteiger partial charge in [0.15, 0.2) is 0 Å². The largest absolute Gasteiger partial charge is 0.325 e. The average molecular weight is 467 g/mol. The van der Waals surface area contributed by atoms with Crippen LogP contribution in [-0.4, -0.2) is 20.4 Å². The molecular formula is C21H17Cl2FN2O3S. The van der Waals surface area contributed by atoms with E-state index in [1.54, 1.807) is 24.3 Å². The Labute approximate surface area is 183 Å². The molecule has 30 heavy (non-hydrogen) atoms. The molecule has 0 aliphatic carbocycles. The van der Waals surface area contributed by atoms with Gasteiger partial charge in [-0.2, -0.15) is 4.72 Å². The number of carbonyl (C=O) groups is 1. The number of hydrogen-bond acceptors (Lipinski definition) is 3. The van der Waals surface area contributed by atoms with Crippen molar-refractivity contribution in [3.63, 3.8) is 0 Å². The minimum absolute atomic E-state index is 0.0254. The van der Waals surface area contributed by atoms with Crippen LogP contribution in [0.1, 0.15) is 5.56 Å². The molecule has 0 aliphatic rings. The maximum atomic E-state index is 13.4. The highest BCUT2D eigenvalue weighted by Crippen LogP contribution is 2.20. The molecule has 0 radical (unpaired) electrons. The predicted octanol–water partition coefficient (Wildman–Crippen LogP) is 4.66. The lowest BCUT2D eigenvalue weighted by Gasteiger charge is -2.19. The van der Waals surface area contributed by atoms with Gasteiger partial charge in [-0.15, -0.1) is 0 Å². The molecule has 1 atom stereocenters. The topological polar surface area (TPSA) is 75.3 Å². The van der Waals surface area contributed by atoms with Crippen LogP contribution in [-0.2, 0) is 21.2 Å². The van der Waals surface area contributed by atoms with Crippen molar-refractivity contribution in [1.29, 1.82) is 0 Å². The smallest absolute Gasteiger partial charge is 0.242 e. The van der Waals surface area contributed by atoms with Crippen molar-refractivity contribution in [2.75, 3.05) is 5.32 Å². The molecule has 0 aliphatic heterocycles. The quantitative estimate of drug-likeness (QED) is 0.531. The van der Waals surface area contributed by atoms with Gasteiger partial charge in [-0.05, 0) is 54.4 Å². The first kappa shape index (κ1) is 22.2. The third kappa shape index (κ3) is 5.79. The number of benzene rings is 3. The van der Waals surface area contributed by atoms with Gasteiger partial charge in [0.05, 0.1) is 9.92 Å². The third-order valence-corrected chi connectivity index (χ3v) is 6.24. The molecule has 0 saturated carbocycles. The van der Waals surface area contributed by atoms with Gasteiger partial charge in [0.1, 0.15) is 11.9 Å². The second-order valence-electron chi connectivity index (χ2n) is 6.44. The molecule has 0 heterocycles. The lowest BCUT2D eigenvalue weighted by molar-refractivity contribution is -0.117. The van der Waals surface area contributed by atoms with E-state index in [0.29, 0.717) is 5.02 Å². The Kier molecular flexibility index (Phi) is 7.10. The number of sulfonamides is 1. The fourth-order valence-corrected chi connectivity index (χ4v) is 4.21. The normalized spacial score (nSPS) is 12.4. The molecule has 0 aromatic heterocycles. The summed E-state index contributed by atoms with van der Waals surface area (Å²) in [5, 5.41) is 2.81. The van der Waals surface area contributed by atoms with Gasteiger partial charge in [-0.3, -0.25) is 4.79 Å². The number of amides is 1. The zero-order valence-corrected chi connectivity index (χ0v) is 17.8. The summed E-state index contributed by atoms with van der Waals surface area (Å²) in [6.45, 7) is 0. The molecule has 3 aromatic carbocycles. The van der Waals surface area contributed by atoms with Crippen molar-refractivity contribution >= 4 is 44.8 Å². The van der Waals surface area contributed by atoms with E-state index in [9.17, 15) is 17.6 Å². The molecular weight excluding hydrogens is 450 g/mol. The van der Waals surface area contributed by atoms with Crippen LogP contribution in [0, 0.1) is 5.82 Å². The molecule has 5 nitrogen and oxygen atoms in total. The Bertz CT molecular complexity index is 1140. The van der Waals surface area contributed by atoms with E-state index in [0.717, 1.165) is 11.6 Å². The van der Waals surface area contributed by atoms with Gasteiger partial charge in [0.25, 0.3) is 0 Å². The lowest BCUT2D eigenvalue weighted by Crippen LogP contribution is -2.45. The Balaban J connectivity index is 1.86. The standard InChI is InChI=1S/C21H17Cl2FN2O3S/c22-15-6-9-17(10-7-15)30(28,29)26-20(12-14-4-2-1-3-5-14)21(27)25-16-8-11-19(24)18(23)13-16/h1-11,13,20,26H,12H2,(H,25,27)/t20-/m1/s1. The van der Waals surface area contributed by atoms with E-state index in [4.69, 9.17) is 23.2 Å². The SMILES string of the molecule is O=C(Nc1ccc(F)c(Cl)c1)[C@@H](Cc1ccccc1)NS(=O)(=O)c1ccc(Cl)cc1. The summed E-state index contributed by atoms with van der Waals surface area (Å²) in [5.41, 5.74) is 1.00. The first-order valence-electron chi connectivity index (χ1n) is 8.82. The van der Waals surface area contributed by atoms with Crippen molar-refractivity contribution in [3.8, 4) is 0 Å². The Morgan fingerprint density at radius 3 is 2.27 bits per heavy atom. The fraction of sp³-hybridized carbons (Fsp3) is 0.0952. The second kappa shape index (κ2) is 9.57. The van der Waals surface area contributed by atoms with Crippen molar-refractivity contribution in [2.24, 2.45) is 0 Å². The summed E-state index contributed by atoms with van der Waals surface area (Å²) < 4.78 is 41.4. The summed E-state index contributed by atoms with van der Waals surface area (Å²) >= 11 is 11.6. The highest BCUT2D eigenvalue weighted by atomic mass is 35.5. The summed E-state index contributed by atoms with van der Waals surface area (Å²) in [6, 6.07) is 17.1. The van der Waals surface area contributed by atoms with E-state index < -0.39 is 27.8 Å². The zero-order chi connectivity index (χ0) is 21.7. The minimum Gasteiger partial charge on any atom is -0.325 e. The number of carbonyl (C=O) groups excluding carboxylic acids is 1. The lowest BCUT2D eigenvalue weighted by atomic mass is 10.1. The van der Waals surface area contributed by atoms with Crippen molar-refractivity contribution in [2.45, 2.75) is 17.4 Å². The van der Waals surface area contributed by atoms with E-state index in [1.807, 2.05) is 6.07 Å². The monoisotopic (exact) mass is 466 g/mol. The van der Waals surface area contributed by atoms with E-state index >= 15 is 0 Å². The van der Waals surface area contributed by atoms with Crippen LogP contribution in [0.2, 0.25) is 10.0 Å². The highest BCUT2D eigenvalue weighted by molar-refractivity contribution is 7.89. The molecule has 1 amide bonds. The summed E-state index contributed by atoms with van der Waals surface area (Å²) in [6.07, 6.45) is 0.106.